The first-order valence-corrected chi connectivity index (χ1v) is 8.65. The van der Waals surface area contributed by atoms with Crippen LogP contribution in [-0.2, 0) is 15.5 Å². The minimum absolute atomic E-state index is 0.244. The van der Waals surface area contributed by atoms with Gasteiger partial charge in [-0.15, -0.1) is 0 Å². The van der Waals surface area contributed by atoms with Gasteiger partial charge in [-0.05, 0) is 18.2 Å². The quantitative estimate of drug-likeness (QED) is 0.883. The lowest BCUT2D eigenvalue weighted by molar-refractivity contribution is 0.145. The molecular formula is C14H18FN3O3S. The summed E-state index contributed by atoms with van der Waals surface area (Å²) in [6.07, 6.45) is -0.858. The Hall–Kier alpha value is -1.67. The summed E-state index contributed by atoms with van der Waals surface area (Å²) in [4.78, 5) is 15.0. The molecule has 3 rings (SSSR count). The van der Waals surface area contributed by atoms with Crippen LogP contribution in [0.25, 0.3) is 0 Å². The highest BCUT2D eigenvalue weighted by molar-refractivity contribution is 7.85. The monoisotopic (exact) mass is 327 g/mol. The van der Waals surface area contributed by atoms with Crippen molar-refractivity contribution in [3.63, 3.8) is 0 Å². The van der Waals surface area contributed by atoms with E-state index in [4.69, 9.17) is 10.5 Å². The van der Waals surface area contributed by atoms with Crippen LogP contribution >= 0.6 is 0 Å². The number of benzene rings is 1. The summed E-state index contributed by atoms with van der Waals surface area (Å²) >= 11 is 0. The lowest BCUT2D eigenvalue weighted by atomic mass is 10.2. The lowest BCUT2D eigenvalue weighted by Crippen LogP contribution is -2.38. The zero-order valence-corrected chi connectivity index (χ0v) is 12.9. The maximum absolute atomic E-state index is 14.4. The fourth-order valence-electron chi connectivity index (χ4n) is 2.65. The second-order valence-corrected chi connectivity index (χ2v) is 7.02. The Morgan fingerprint density at radius 1 is 1.36 bits per heavy atom. The van der Waals surface area contributed by atoms with Crippen molar-refractivity contribution >= 4 is 28.3 Å². The average Bonchev–Trinajstić information content (AvgIpc) is 2.89. The second-order valence-electron chi connectivity index (χ2n) is 5.32. The van der Waals surface area contributed by atoms with Crippen LogP contribution in [0.3, 0.4) is 0 Å². The van der Waals surface area contributed by atoms with Crippen molar-refractivity contribution in [3.05, 3.63) is 24.0 Å². The van der Waals surface area contributed by atoms with Crippen LogP contribution in [0.1, 0.15) is 0 Å². The SMILES string of the molecule is NC[C@H]1CN(c2ccc(N3CCS(=O)CC3)c(F)c2)C(=O)O1. The van der Waals surface area contributed by atoms with E-state index < -0.39 is 22.7 Å². The summed E-state index contributed by atoms with van der Waals surface area (Å²) in [5, 5.41) is 0. The Kier molecular flexibility index (Phi) is 4.30. The van der Waals surface area contributed by atoms with Crippen molar-refractivity contribution < 1.29 is 18.1 Å². The van der Waals surface area contributed by atoms with Gasteiger partial charge in [-0.25, -0.2) is 9.18 Å². The zero-order valence-electron chi connectivity index (χ0n) is 12.0. The van der Waals surface area contributed by atoms with E-state index in [0.29, 0.717) is 42.5 Å². The van der Waals surface area contributed by atoms with E-state index in [1.165, 1.54) is 11.0 Å². The van der Waals surface area contributed by atoms with E-state index in [1.54, 1.807) is 12.1 Å². The Labute approximate surface area is 130 Å². The van der Waals surface area contributed by atoms with Gasteiger partial charge in [0.2, 0.25) is 0 Å². The number of anilines is 2. The van der Waals surface area contributed by atoms with Gasteiger partial charge in [0.05, 0.1) is 17.9 Å². The number of hydrogen-bond donors (Lipinski definition) is 1. The van der Waals surface area contributed by atoms with Crippen LogP contribution in [0, 0.1) is 5.82 Å². The first-order valence-electron chi connectivity index (χ1n) is 7.16. The Balaban J connectivity index is 1.78. The van der Waals surface area contributed by atoms with E-state index in [9.17, 15) is 13.4 Å². The van der Waals surface area contributed by atoms with Crippen molar-refractivity contribution in [3.8, 4) is 0 Å². The lowest BCUT2D eigenvalue weighted by Gasteiger charge is -2.29. The van der Waals surface area contributed by atoms with Crippen molar-refractivity contribution in [1.82, 2.24) is 0 Å². The van der Waals surface area contributed by atoms with Crippen molar-refractivity contribution in [2.45, 2.75) is 6.10 Å². The molecule has 1 amide bonds. The van der Waals surface area contributed by atoms with Crippen LogP contribution in [0.4, 0.5) is 20.6 Å². The van der Waals surface area contributed by atoms with E-state index in [0.717, 1.165) is 0 Å². The summed E-state index contributed by atoms with van der Waals surface area (Å²) in [6, 6.07) is 4.69. The molecule has 2 fully saturated rings. The molecule has 2 heterocycles. The van der Waals surface area contributed by atoms with Gasteiger partial charge < -0.3 is 15.4 Å². The molecule has 0 unspecified atom stereocenters. The maximum atomic E-state index is 14.4. The van der Waals surface area contributed by atoms with Gasteiger partial charge in [0.1, 0.15) is 11.9 Å². The number of halogens is 1. The highest BCUT2D eigenvalue weighted by atomic mass is 32.2. The molecule has 0 aliphatic carbocycles. The molecule has 8 heteroatoms. The molecule has 0 bridgehead atoms. The highest BCUT2D eigenvalue weighted by Gasteiger charge is 2.32. The number of amides is 1. The number of rotatable bonds is 3. The van der Waals surface area contributed by atoms with Crippen LogP contribution in [0.15, 0.2) is 18.2 Å². The van der Waals surface area contributed by atoms with Gasteiger partial charge >= 0.3 is 6.09 Å². The molecule has 0 aromatic heterocycles. The third kappa shape index (κ3) is 2.93. The van der Waals surface area contributed by atoms with Crippen molar-refractivity contribution in [2.75, 3.05) is 47.5 Å². The predicted molar refractivity (Wildman–Crippen MR) is 83.2 cm³/mol. The normalized spacial score (nSPS) is 23.0. The summed E-state index contributed by atoms with van der Waals surface area (Å²) in [7, 11) is -0.803. The summed E-state index contributed by atoms with van der Waals surface area (Å²) in [5.41, 5.74) is 6.43. The van der Waals surface area contributed by atoms with Crippen LogP contribution in [0.2, 0.25) is 0 Å². The second kappa shape index (κ2) is 6.21. The van der Waals surface area contributed by atoms with Gasteiger partial charge in [-0.3, -0.25) is 9.11 Å². The fourth-order valence-corrected chi connectivity index (χ4v) is 3.71. The minimum atomic E-state index is -0.803. The molecule has 1 aromatic carbocycles. The van der Waals surface area contributed by atoms with Crippen LogP contribution in [0.5, 0.6) is 0 Å². The molecule has 0 saturated carbocycles. The van der Waals surface area contributed by atoms with E-state index in [2.05, 4.69) is 0 Å². The van der Waals surface area contributed by atoms with Crippen LogP contribution < -0.4 is 15.5 Å². The molecule has 6 nitrogen and oxygen atoms in total. The molecule has 120 valence electrons. The van der Waals surface area contributed by atoms with Crippen molar-refractivity contribution in [1.29, 1.82) is 0 Å². The fraction of sp³-hybridized carbons (Fsp3) is 0.500. The summed E-state index contributed by atoms with van der Waals surface area (Å²) < 4.78 is 30.8. The molecule has 0 spiro atoms. The summed E-state index contributed by atoms with van der Waals surface area (Å²) in [5.74, 6) is 0.713. The third-order valence-corrected chi connectivity index (χ3v) is 5.17. The smallest absolute Gasteiger partial charge is 0.414 e. The third-order valence-electron chi connectivity index (χ3n) is 3.90. The number of nitrogens with zero attached hydrogens (tertiary/aromatic N) is 2. The van der Waals surface area contributed by atoms with E-state index >= 15 is 0 Å². The molecule has 1 atom stereocenters. The molecule has 2 N–H and O–H groups in total. The van der Waals surface area contributed by atoms with Crippen LogP contribution in [-0.4, -0.2) is 54.1 Å². The molecule has 1 aromatic rings. The molecule has 22 heavy (non-hydrogen) atoms. The number of cyclic esters (lactones) is 1. The molecule has 2 aliphatic heterocycles. The number of nitrogens with two attached hydrogens (primary N) is 1. The van der Waals surface area contributed by atoms with Gasteiger partial charge in [-0.2, -0.15) is 0 Å². The van der Waals surface area contributed by atoms with E-state index in [-0.39, 0.29) is 12.6 Å². The zero-order chi connectivity index (χ0) is 15.7. The Morgan fingerprint density at radius 2 is 2.09 bits per heavy atom. The van der Waals surface area contributed by atoms with E-state index in [1.807, 2.05) is 4.90 Å². The first-order chi connectivity index (χ1) is 10.6. The van der Waals surface area contributed by atoms with Gasteiger partial charge in [-0.1, -0.05) is 0 Å². The van der Waals surface area contributed by atoms with Gasteiger partial charge in [0.15, 0.2) is 0 Å². The number of hydrogen-bond acceptors (Lipinski definition) is 5. The Bertz CT molecular complexity index is 603. The molecule has 2 saturated heterocycles. The number of carbonyl (C=O) groups excluding carboxylic acids is 1. The highest BCUT2D eigenvalue weighted by Crippen LogP contribution is 2.28. The minimum Gasteiger partial charge on any atom is -0.443 e. The predicted octanol–water partition coefficient (Wildman–Crippen LogP) is 0.678. The standard InChI is InChI=1S/C14H18FN3O3S/c15-12-7-10(18-9-11(8-16)21-14(18)19)1-2-13(12)17-3-5-22(20)6-4-17/h1-2,7,11H,3-6,8-9,16H2/t11-/m0/s1. The molecule has 0 radical (unpaired) electrons. The topological polar surface area (TPSA) is 75.9 Å². The molecule has 2 aliphatic rings. The van der Waals surface area contributed by atoms with Gasteiger partial charge in [0, 0.05) is 41.9 Å². The number of ether oxygens (including phenoxy) is 1. The Morgan fingerprint density at radius 3 is 2.68 bits per heavy atom. The largest absolute Gasteiger partial charge is 0.443 e. The summed E-state index contributed by atoms with van der Waals surface area (Å²) in [6.45, 7) is 1.72. The maximum Gasteiger partial charge on any atom is 0.414 e. The first kappa shape index (κ1) is 15.2. The van der Waals surface area contributed by atoms with Gasteiger partial charge in [0.25, 0.3) is 0 Å². The molecular weight excluding hydrogens is 309 g/mol. The van der Waals surface area contributed by atoms with Crippen molar-refractivity contribution in [2.24, 2.45) is 5.73 Å². The number of carbonyl (C=O) groups is 1. The average molecular weight is 327 g/mol.